The number of aliphatic carboxylic acids is 2. The molecule has 1 aromatic heterocycles. The molecule has 4 unspecified atom stereocenters. The van der Waals surface area contributed by atoms with Gasteiger partial charge in [-0.15, -0.1) is 0 Å². The monoisotopic (exact) mass is 502 g/mol. The summed E-state index contributed by atoms with van der Waals surface area (Å²) < 4.78 is 0. The first-order chi connectivity index (χ1) is 17.1. The number of aromatic amines is 1. The Morgan fingerprint density at radius 1 is 0.944 bits per heavy atom. The highest BCUT2D eigenvalue weighted by atomic mass is 16.4. The van der Waals surface area contributed by atoms with Gasteiger partial charge in [-0.2, -0.15) is 0 Å². The van der Waals surface area contributed by atoms with Crippen LogP contribution in [0.5, 0.6) is 0 Å². The van der Waals surface area contributed by atoms with Gasteiger partial charge in [-0.25, -0.2) is 4.98 Å². The Morgan fingerprint density at radius 3 is 2.17 bits per heavy atom. The average molecular weight is 503 g/mol. The molecule has 13 heteroatoms. The van der Waals surface area contributed by atoms with E-state index in [-0.39, 0.29) is 19.3 Å². The van der Waals surface area contributed by atoms with Gasteiger partial charge < -0.3 is 36.9 Å². The van der Waals surface area contributed by atoms with Crippen molar-refractivity contribution in [2.45, 2.75) is 56.8 Å². The first kappa shape index (κ1) is 28.0. The number of nitrogens with one attached hydrogen (secondary N) is 4. The maximum atomic E-state index is 13.1. The Labute approximate surface area is 206 Å². The highest BCUT2D eigenvalue weighted by Crippen LogP contribution is 2.07. The Kier molecular flexibility index (Phi) is 10.6. The molecule has 0 bridgehead atoms. The van der Waals surface area contributed by atoms with Crippen molar-refractivity contribution in [2.24, 2.45) is 5.73 Å². The molecular formula is C23H30N6O7. The first-order valence-electron chi connectivity index (χ1n) is 11.2. The molecular weight excluding hydrogens is 472 g/mol. The van der Waals surface area contributed by atoms with Crippen LogP contribution < -0.4 is 21.7 Å². The number of amides is 3. The lowest BCUT2D eigenvalue weighted by atomic mass is 10.0. The molecule has 2 rings (SSSR count). The Hall–Kier alpha value is -4.26. The molecule has 0 aliphatic heterocycles. The van der Waals surface area contributed by atoms with E-state index in [1.807, 2.05) is 0 Å². The molecule has 0 saturated heterocycles. The number of hydrogen-bond acceptors (Lipinski definition) is 7. The molecule has 0 aliphatic rings. The molecule has 8 N–H and O–H groups in total. The van der Waals surface area contributed by atoms with E-state index in [0.717, 1.165) is 0 Å². The van der Waals surface area contributed by atoms with E-state index < -0.39 is 60.2 Å². The van der Waals surface area contributed by atoms with Crippen LogP contribution in [-0.4, -0.2) is 74.0 Å². The Bertz CT molecular complexity index is 1040. The van der Waals surface area contributed by atoms with E-state index in [1.54, 1.807) is 30.3 Å². The third-order valence-corrected chi connectivity index (χ3v) is 5.26. The third kappa shape index (κ3) is 9.18. The van der Waals surface area contributed by atoms with Crippen molar-refractivity contribution in [3.63, 3.8) is 0 Å². The van der Waals surface area contributed by atoms with Gasteiger partial charge in [0, 0.05) is 31.2 Å². The molecule has 0 spiro atoms. The number of nitrogens with two attached hydrogens (primary N) is 1. The highest BCUT2D eigenvalue weighted by Gasteiger charge is 2.30. The van der Waals surface area contributed by atoms with Crippen LogP contribution in [0.2, 0.25) is 0 Å². The van der Waals surface area contributed by atoms with Crippen LogP contribution in [-0.2, 0) is 36.8 Å². The van der Waals surface area contributed by atoms with E-state index in [2.05, 4.69) is 25.9 Å². The molecule has 1 aromatic carbocycles. The number of nitrogens with zero attached hydrogens (tertiary/aromatic N) is 1. The lowest BCUT2D eigenvalue weighted by Gasteiger charge is -2.24. The topological polar surface area (TPSA) is 217 Å². The summed E-state index contributed by atoms with van der Waals surface area (Å²) in [6.07, 6.45) is 2.36. The van der Waals surface area contributed by atoms with Crippen molar-refractivity contribution < 1.29 is 34.2 Å². The molecule has 0 saturated carbocycles. The maximum Gasteiger partial charge on any atom is 0.325 e. The van der Waals surface area contributed by atoms with Gasteiger partial charge in [0.15, 0.2) is 0 Å². The zero-order valence-corrected chi connectivity index (χ0v) is 19.6. The van der Waals surface area contributed by atoms with E-state index >= 15 is 0 Å². The fourth-order valence-corrected chi connectivity index (χ4v) is 3.25. The Morgan fingerprint density at radius 2 is 1.58 bits per heavy atom. The number of rotatable bonds is 14. The minimum atomic E-state index is -1.30. The van der Waals surface area contributed by atoms with Crippen LogP contribution in [0.15, 0.2) is 42.9 Å². The number of carbonyl (C=O) groups excluding carboxylic acids is 3. The van der Waals surface area contributed by atoms with Gasteiger partial charge in [0.25, 0.3) is 0 Å². The first-order valence-corrected chi connectivity index (χ1v) is 11.2. The van der Waals surface area contributed by atoms with Crippen LogP contribution in [0.1, 0.15) is 31.0 Å². The van der Waals surface area contributed by atoms with Gasteiger partial charge in [-0.1, -0.05) is 30.3 Å². The van der Waals surface area contributed by atoms with Gasteiger partial charge in [-0.05, 0) is 18.9 Å². The average Bonchev–Trinajstić information content (AvgIpc) is 3.34. The minimum Gasteiger partial charge on any atom is -0.481 e. The SMILES string of the molecule is CC(NC(=O)C(Cc1ccccc1)NC(=O)C(CCC(=O)O)NC(=O)C(N)Cc1cnc[nH]1)C(=O)O. The predicted octanol–water partition coefficient (Wildman–Crippen LogP) is -1.05. The van der Waals surface area contributed by atoms with Crippen molar-refractivity contribution >= 4 is 29.7 Å². The van der Waals surface area contributed by atoms with Gasteiger partial charge in [0.05, 0.1) is 12.4 Å². The maximum absolute atomic E-state index is 13.1. The quantitative estimate of drug-likeness (QED) is 0.167. The van der Waals surface area contributed by atoms with Crippen LogP contribution in [0, 0.1) is 0 Å². The van der Waals surface area contributed by atoms with E-state index in [1.165, 1.54) is 19.4 Å². The second-order valence-electron chi connectivity index (χ2n) is 8.20. The fourth-order valence-electron chi connectivity index (χ4n) is 3.25. The van der Waals surface area contributed by atoms with Crippen LogP contribution >= 0.6 is 0 Å². The summed E-state index contributed by atoms with van der Waals surface area (Å²) in [5.41, 5.74) is 7.20. The van der Waals surface area contributed by atoms with Crippen molar-refractivity contribution in [3.05, 3.63) is 54.1 Å². The molecule has 2 aromatic rings. The molecule has 194 valence electrons. The normalized spacial score (nSPS) is 14.1. The number of carboxylic acid groups (broad SMARTS) is 2. The van der Waals surface area contributed by atoms with Gasteiger partial charge in [-0.3, -0.25) is 24.0 Å². The van der Waals surface area contributed by atoms with Gasteiger partial charge >= 0.3 is 11.9 Å². The summed E-state index contributed by atoms with van der Waals surface area (Å²) in [5, 5.41) is 25.5. The summed E-state index contributed by atoms with van der Waals surface area (Å²) in [5.74, 6) is -4.69. The largest absolute Gasteiger partial charge is 0.481 e. The lowest BCUT2D eigenvalue weighted by Crippen LogP contribution is -2.57. The molecule has 0 aliphatic carbocycles. The number of carboxylic acids is 2. The standard InChI is InChI=1S/C23H30N6O7/c1-13(23(35)36)27-22(34)18(9-14-5-3-2-4-6-14)29-21(33)17(7-8-19(30)31)28-20(32)16(24)10-15-11-25-12-26-15/h2-6,11-13,16-18H,7-10,24H2,1H3,(H,25,26)(H,27,34)(H,28,32)(H,29,33)(H,30,31)(H,35,36). The van der Waals surface area contributed by atoms with Crippen molar-refractivity contribution in [3.8, 4) is 0 Å². The Balaban J connectivity index is 2.16. The van der Waals surface area contributed by atoms with E-state index in [9.17, 15) is 24.0 Å². The summed E-state index contributed by atoms with van der Waals surface area (Å²) in [4.78, 5) is 67.4. The van der Waals surface area contributed by atoms with Gasteiger partial charge in [0.2, 0.25) is 17.7 Å². The van der Waals surface area contributed by atoms with Crippen LogP contribution in [0.25, 0.3) is 0 Å². The van der Waals surface area contributed by atoms with E-state index in [4.69, 9.17) is 15.9 Å². The number of hydrogen-bond donors (Lipinski definition) is 7. The van der Waals surface area contributed by atoms with Gasteiger partial charge in [0.1, 0.15) is 18.1 Å². The van der Waals surface area contributed by atoms with Crippen LogP contribution in [0.4, 0.5) is 0 Å². The predicted molar refractivity (Wildman–Crippen MR) is 126 cm³/mol. The number of aromatic nitrogens is 2. The van der Waals surface area contributed by atoms with Crippen LogP contribution in [0.3, 0.4) is 0 Å². The summed E-state index contributed by atoms with van der Waals surface area (Å²) in [6.45, 7) is 1.28. The second kappa shape index (κ2) is 13.6. The number of benzene rings is 1. The molecule has 36 heavy (non-hydrogen) atoms. The second-order valence-corrected chi connectivity index (χ2v) is 8.20. The smallest absolute Gasteiger partial charge is 0.325 e. The number of imidazole rings is 1. The molecule has 3 amide bonds. The zero-order valence-electron chi connectivity index (χ0n) is 19.6. The number of carbonyl (C=O) groups is 5. The molecule has 13 nitrogen and oxygen atoms in total. The van der Waals surface area contributed by atoms with Crippen molar-refractivity contribution in [1.82, 2.24) is 25.9 Å². The molecule has 0 radical (unpaired) electrons. The zero-order chi connectivity index (χ0) is 26.7. The lowest BCUT2D eigenvalue weighted by molar-refractivity contribution is -0.141. The molecule has 0 fully saturated rings. The summed E-state index contributed by atoms with van der Waals surface area (Å²) in [6, 6.07) is 3.95. The number of H-pyrrole nitrogens is 1. The minimum absolute atomic E-state index is 0.0314. The molecule has 4 atom stereocenters. The summed E-state index contributed by atoms with van der Waals surface area (Å²) in [7, 11) is 0. The third-order valence-electron chi connectivity index (χ3n) is 5.26. The van der Waals surface area contributed by atoms with Crippen molar-refractivity contribution in [2.75, 3.05) is 0 Å². The highest BCUT2D eigenvalue weighted by molar-refractivity contribution is 5.94. The van der Waals surface area contributed by atoms with Crippen molar-refractivity contribution in [1.29, 1.82) is 0 Å². The summed E-state index contributed by atoms with van der Waals surface area (Å²) >= 11 is 0. The fraction of sp³-hybridized carbons (Fsp3) is 0.391. The van der Waals surface area contributed by atoms with E-state index in [0.29, 0.717) is 11.3 Å². The molecule has 1 heterocycles.